The number of fused-ring (bicyclic) bond motifs is 1. The molecule has 22 heavy (non-hydrogen) atoms. The monoisotopic (exact) mass is 318 g/mol. The molecule has 0 amide bonds. The molecule has 0 aliphatic rings. The van der Waals surface area contributed by atoms with Gasteiger partial charge in [-0.15, -0.1) is 10.2 Å². The summed E-state index contributed by atoms with van der Waals surface area (Å²) in [6.07, 6.45) is 0. The van der Waals surface area contributed by atoms with Crippen molar-refractivity contribution in [3.8, 4) is 0 Å². The van der Waals surface area contributed by atoms with Crippen LogP contribution in [0.5, 0.6) is 0 Å². The Morgan fingerprint density at radius 2 is 2.14 bits per heavy atom. The normalized spacial score (nSPS) is 11.5. The van der Waals surface area contributed by atoms with E-state index in [9.17, 15) is 9.18 Å². The van der Waals surface area contributed by atoms with Gasteiger partial charge in [0, 0.05) is 17.5 Å². The highest BCUT2D eigenvalue weighted by molar-refractivity contribution is 7.98. The molecular formula is C15H15FN4OS. The molecule has 0 atom stereocenters. The number of nitrogens with one attached hydrogen (secondary N) is 1. The number of hydrogen-bond acceptors (Lipinski definition) is 4. The van der Waals surface area contributed by atoms with Gasteiger partial charge in [-0.25, -0.2) is 4.39 Å². The Bertz CT molecular complexity index is 871. The number of rotatable bonds is 4. The Balaban J connectivity index is 1.96. The number of benzene rings is 1. The molecule has 1 aromatic carbocycles. The summed E-state index contributed by atoms with van der Waals surface area (Å²) >= 11 is 1.46. The minimum atomic E-state index is -0.253. The lowest BCUT2D eigenvalue weighted by molar-refractivity contribution is 0.626. The fourth-order valence-corrected chi connectivity index (χ4v) is 3.12. The van der Waals surface area contributed by atoms with Crippen LogP contribution < -0.4 is 5.56 Å². The number of nitrogens with zero attached hydrogens (tertiary/aromatic N) is 3. The lowest BCUT2D eigenvalue weighted by Gasteiger charge is -2.09. The van der Waals surface area contributed by atoms with Gasteiger partial charge in [-0.05, 0) is 23.6 Å². The van der Waals surface area contributed by atoms with Crippen molar-refractivity contribution < 1.29 is 4.39 Å². The third-order valence-corrected chi connectivity index (χ3v) is 4.25. The third kappa shape index (κ3) is 2.89. The van der Waals surface area contributed by atoms with Crippen LogP contribution in [0.3, 0.4) is 0 Å². The van der Waals surface area contributed by atoms with E-state index < -0.39 is 0 Å². The molecular weight excluding hydrogens is 303 g/mol. The summed E-state index contributed by atoms with van der Waals surface area (Å²) in [6.45, 7) is 4.02. The van der Waals surface area contributed by atoms with Gasteiger partial charge in [0.25, 0.3) is 5.56 Å². The molecule has 0 unspecified atom stereocenters. The molecule has 2 heterocycles. The number of aromatic nitrogens is 4. The average Bonchev–Trinajstić information content (AvgIpc) is 2.87. The lowest BCUT2D eigenvalue weighted by atomic mass is 10.1. The van der Waals surface area contributed by atoms with Gasteiger partial charge in [-0.2, -0.15) is 0 Å². The zero-order chi connectivity index (χ0) is 15.7. The molecule has 0 saturated heterocycles. The van der Waals surface area contributed by atoms with Crippen molar-refractivity contribution in [2.75, 3.05) is 0 Å². The first kappa shape index (κ1) is 14.8. The molecule has 3 aromatic rings. The second-order valence-corrected chi connectivity index (χ2v) is 6.22. The van der Waals surface area contributed by atoms with Gasteiger partial charge in [-0.1, -0.05) is 37.7 Å². The summed E-state index contributed by atoms with van der Waals surface area (Å²) in [7, 11) is 0. The maximum atomic E-state index is 13.2. The molecule has 2 aromatic heterocycles. The van der Waals surface area contributed by atoms with Crippen LogP contribution in [0.2, 0.25) is 0 Å². The highest BCUT2D eigenvalue weighted by Gasteiger charge is 2.14. The first-order valence-corrected chi connectivity index (χ1v) is 7.89. The largest absolute Gasteiger partial charge is 0.291 e. The Morgan fingerprint density at radius 3 is 2.86 bits per heavy atom. The van der Waals surface area contributed by atoms with E-state index in [-0.39, 0.29) is 17.3 Å². The van der Waals surface area contributed by atoms with E-state index in [1.165, 1.54) is 23.9 Å². The zero-order valence-electron chi connectivity index (χ0n) is 12.2. The van der Waals surface area contributed by atoms with Crippen LogP contribution in [0.25, 0.3) is 5.78 Å². The molecule has 3 rings (SSSR count). The van der Waals surface area contributed by atoms with Crippen molar-refractivity contribution in [2.24, 2.45) is 0 Å². The summed E-state index contributed by atoms with van der Waals surface area (Å²) in [6, 6.07) is 8.03. The molecule has 0 aliphatic carbocycles. The van der Waals surface area contributed by atoms with E-state index >= 15 is 0 Å². The van der Waals surface area contributed by atoms with Gasteiger partial charge in [0.2, 0.25) is 5.78 Å². The molecule has 0 bridgehead atoms. The predicted octanol–water partition coefficient (Wildman–Crippen LogP) is 2.97. The second-order valence-electron chi connectivity index (χ2n) is 5.27. The van der Waals surface area contributed by atoms with Crippen molar-refractivity contribution in [2.45, 2.75) is 30.7 Å². The minimum Gasteiger partial charge on any atom is -0.291 e. The van der Waals surface area contributed by atoms with Crippen LogP contribution in [-0.4, -0.2) is 19.6 Å². The van der Waals surface area contributed by atoms with Crippen molar-refractivity contribution in [3.63, 3.8) is 0 Å². The Morgan fingerprint density at radius 1 is 1.32 bits per heavy atom. The maximum absolute atomic E-state index is 13.2. The molecule has 0 aliphatic heterocycles. The molecule has 1 N–H and O–H groups in total. The molecule has 0 spiro atoms. The van der Waals surface area contributed by atoms with Crippen LogP contribution in [0, 0.1) is 5.82 Å². The van der Waals surface area contributed by atoms with Gasteiger partial charge in [0.05, 0.1) is 0 Å². The van der Waals surface area contributed by atoms with Gasteiger partial charge in [-0.3, -0.25) is 14.2 Å². The highest BCUT2D eigenvalue weighted by Crippen LogP contribution is 2.24. The fourth-order valence-electron chi connectivity index (χ4n) is 2.22. The zero-order valence-corrected chi connectivity index (χ0v) is 13.0. The molecule has 5 nitrogen and oxygen atoms in total. The summed E-state index contributed by atoms with van der Waals surface area (Å²) in [4.78, 5) is 14.3. The average molecular weight is 318 g/mol. The molecule has 7 heteroatoms. The Labute approximate surface area is 130 Å². The second kappa shape index (κ2) is 5.92. The maximum Gasteiger partial charge on any atom is 0.252 e. The van der Waals surface area contributed by atoms with E-state index in [4.69, 9.17) is 0 Å². The van der Waals surface area contributed by atoms with Crippen LogP contribution in [-0.2, 0) is 5.75 Å². The Kier molecular flexibility index (Phi) is 3.98. The van der Waals surface area contributed by atoms with Crippen molar-refractivity contribution in [1.82, 2.24) is 19.6 Å². The van der Waals surface area contributed by atoms with Crippen molar-refractivity contribution in [3.05, 3.63) is 57.8 Å². The topological polar surface area (TPSA) is 63.0 Å². The molecule has 0 radical (unpaired) electrons. The Hall–Kier alpha value is -2.15. The molecule has 114 valence electrons. The molecule has 0 fully saturated rings. The van der Waals surface area contributed by atoms with Crippen LogP contribution >= 0.6 is 11.8 Å². The van der Waals surface area contributed by atoms with Crippen molar-refractivity contribution in [1.29, 1.82) is 0 Å². The van der Waals surface area contributed by atoms with E-state index in [1.54, 1.807) is 12.1 Å². The first-order chi connectivity index (χ1) is 10.5. The lowest BCUT2D eigenvalue weighted by Crippen LogP contribution is -2.12. The minimum absolute atomic E-state index is 0.161. The third-order valence-electron chi connectivity index (χ3n) is 3.25. The van der Waals surface area contributed by atoms with Crippen LogP contribution in [0.1, 0.15) is 31.0 Å². The quantitative estimate of drug-likeness (QED) is 0.751. The van der Waals surface area contributed by atoms with Crippen molar-refractivity contribution >= 4 is 17.5 Å². The summed E-state index contributed by atoms with van der Waals surface area (Å²) in [5.74, 6) is 0.915. The number of hydrogen-bond donors (Lipinski definition) is 1. The van der Waals surface area contributed by atoms with Gasteiger partial charge in [0.1, 0.15) is 5.82 Å². The highest BCUT2D eigenvalue weighted by atomic mass is 32.2. The van der Waals surface area contributed by atoms with Gasteiger partial charge >= 0.3 is 0 Å². The van der Waals surface area contributed by atoms with E-state index in [2.05, 4.69) is 15.2 Å². The number of thioether (sulfide) groups is 1. The summed E-state index contributed by atoms with van der Waals surface area (Å²) in [5.41, 5.74) is 1.54. The fraction of sp³-hybridized carbons (Fsp3) is 0.267. The van der Waals surface area contributed by atoms with Crippen LogP contribution in [0.4, 0.5) is 4.39 Å². The van der Waals surface area contributed by atoms with Gasteiger partial charge in [0.15, 0.2) is 5.16 Å². The summed E-state index contributed by atoms with van der Waals surface area (Å²) in [5, 5.41) is 8.82. The number of H-pyrrole nitrogens is 1. The smallest absolute Gasteiger partial charge is 0.252 e. The number of aromatic amines is 1. The van der Waals surface area contributed by atoms with Gasteiger partial charge < -0.3 is 0 Å². The van der Waals surface area contributed by atoms with E-state index in [1.807, 2.05) is 24.3 Å². The number of halogens is 1. The first-order valence-electron chi connectivity index (χ1n) is 6.90. The summed E-state index contributed by atoms with van der Waals surface area (Å²) < 4.78 is 15.1. The standard InChI is InChI=1S/C15H15FN4OS/c1-9(2)12-7-13(21)17-14-18-19-15(20(12)14)22-8-10-4-3-5-11(16)6-10/h3-7,9H,8H2,1-2H3,(H,17,18,21). The van der Waals surface area contributed by atoms with E-state index in [0.29, 0.717) is 16.7 Å². The van der Waals surface area contributed by atoms with E-state index in [0.717, 1.165) is 11.3 Å². The predicted molar refractivity (Wildman–Crippen MR) is 83.7 cm³/mol. The molecule has 0 saturated carbocycles. The SMILES string of the molecule is CC(C)c1cc(=O)[nH]c2nnc(SCc3cccc(F)c3)n12. The van der Waals surface area contributed by atoms with Crippen LogP contribution in [0.15, 0.2) is 40.3 Å².